The van der Waals surface area contributed by atoms with E-state index in [4.69, 9.17) is 23.6 Å². The number of hydrogen-bond acceptors (Lipinski definition) is 9. The van der Waals surface area contributed by atoms with Crippen LogP contribution in [0.1, 0.15) is 194 Å². The highest BCUT2D eigenvalue weighted by molar-refractivity contribution is 7.47. The van der Waals surface area contributed by atoms with Crippen LogP contribution in [0, 0.1) is 0 Å². The molecule has 0 aromatic heterocycles. The molecule has 3 atom stereocenters. The number of esters is 2. The highest BCUT2D eigenvalue weighted by Crippen LogP contribution is 2.43. The molecule has 57 heavy (non-hydrogen) atoms. The van der Waals surface area contributed by atoms with Gasteiger partial charge in [-0.15, -0.1) is 0 Å². The van der Waals surface area contributed by atoms with Crippen LogP contribution in [0.5, 0.6) is 0 Å². The fourth-order valence-electron chi connectivity index (χ4n) is 6.04. The van der Waals surface area contributed by atoms with Gasteiger partial charge in [0.05, 0.1) is 19.8 Å². The maximum atomic E-state index is 12.6. The smallest absolute Gasteiger partial charge is 0.462 e. The van der Waals surface area contributed by atoms with Gasteiger partial charge in [0.15, 0.2) is 6.10 Å². The molecular formula is C46H83O10P. The quantitative estimate of drug-likeness (QED) is 0.0235. The molecule has 0 aliphatic carbocycles. The molecule has 0 bridgehead atoms. The summed E-state index contributed by atoms with van der Waals surface area (Å²) in [5.41, 5.74) is 0. The maximum absolute atomic E-state index is 12.6. The van der Waals surface area contributed by atoms with E-state index in [1.165, 1.54) is 83.5 Å². The van der Waals surface area contributed by atoms with Crippen molar-refractivity contribution in [1.29, 1.82) is 0 Å². The summed E-state index contributed by atoms with van der Waals surface area (Å²) >= 11 is 0. The van der Waals surface area contributed by atoms with Crippen molar-refractivity contribution < 1.29 is 47.8 Å². The lowest BCUT2D eigenvalue weighted by molar-refractivity contribution is -0.161. The minimum atomic E-state index is -4.62. The summed E-state index contributed by atoms with van der Waals surface area (Å²) in [4.78, 5) is 35.0. The van der Waals surface area contributed by atoms with Crippen molar-refractivity contribution in [2.75, 3.05) is 26.4 Å². The van der Waals surface area contributed by atoms with Gasteiger partial charge in [0.1, 0.15) is 12.7 Å². The molecule has 0 amide bonds. The predicted octanol–water partition coefficient (Wildman–Crippen LogP) is 12.1. The largest absolute Gasteiger partial charge is 0.472 e. The molecule has 0 heterocycles. The van der Waals surface area contributed by atoms with Gasteiger partial charge in [-0.25, -0.2) is 4.57 Å². The van der Waals surface area contributed by atoms with Crippen molar-refractivity contribution in [1.82, 2.24) is 0 Å². The Bertz CT molecular complexity index is 1090. The normalized spacial score (nSPS) is 14.3. The summed E-state index contributed by atoms with van der Waals surface area (Å²) < 4.78 is 32.7. The Morgan fingerprint density at radius 3 is 1.46 bits per heavy atom. The average Bonchev–Trinajstić information content (AvgIpc) is 3.20. The number of phosphoric ester groups is 1. The number of aliphatic hydroxyl groups is 2. The predicted molar refractivity (Wildman–Crippen MR) is 233 cm³/mol. The van der Waals surface area contributed by atoms with Crippen LogP contribution in [0.3, 0.4) is 0 Å². The molecular weight excluding hydrogens is 743 g/mol. The molecule has 10 nitrogen and oxygen atoms in total. The molecule has 0 radical (unpaired) electrons. The Morgan fingerprint density at radius 1 is 0.544 bits per heavy atom. The van der Waals surface area contributed by atoms with Gasteiger partial charge >= 0.3 is 19.8 Å². The lowest BCUT2D eigenvalue weighted by Crippen LogP contribution is -2.29. The van der Waals surface area contributed by atoms with Crippen molar-refractivity contribution in [2.45, 2.75) is 206 Å². The third-order valence-electron chi connectivity index (χ3n) is 9.50. The standard InChI is InChI=1S/C46H83O10P/c1-3-5-7-9-11-13-15-17-18-19-20-21-22-23-24-26-28-30-32-34-36-38-46(50)56-44(42-55-57(51,52)54-40-43(48)39-47)41-53-45(49)37-35-33-31-29-27-25-16-14-12-10-8-6-4-2/h5,7,11,13,17-18,20-21,43-44,47-48H,3-4,6,8-10,12,14-16,19,22-42H2,1-2H3,(H,51,52)/b7-5-,13-11-,18-17-,21-20-. The second kappa shape index (κ2) is 42.1. The molecule has 0 aromatic carbocycles. The van der Waals surface area contributed by atoms with E-state index < -0.39 is 51.8 Å². The van der Waals surface area contributed by atoms with Gasteiger partial charge in [0.2, 0.25) is 0 Å². The highest BCUT2D eigenvalue weighted by Gasteiger charge is 2.27. The average molecular weight is 827 g/mol. The van der Waals surface area contributed by atoms with Crippen LogP contribution in [0.25, 0.3) is 0 Å². The van der Waals surface area contributed by atoms with E-state index in [9.17, 15) is 24.2 Å². The first-order valence-corrected chi connectivity index (χ1v) is 24.1. The van der Waals surface area contributed by atoms with Crippen LogP contribution in [0.15, 0.2) is 48.6 Å². The summed E-state index contributed by atoms with van der Waals surface area (Å²) in [5, 5.41) is 18.3. The van der Waals surface area contributed by atoms with Crippen molar-refractivity contribution in [2.24, 2.45) is 0 Å². The zero-order chi connectivity index (χ0) is 41.9. The Kier molecular flexibility index (Phi) is 40.5. The first-order chi connectivity index (χ1) is 27.7. The maximum Gasteiger partial charge on any atom is 0.472 e. The number of ether oxygens (including phenoxy) is 2. The first kappa shape index (κ1) is 54.9. The Labute approximate surface area is 347 Å². The van der Waals surface area contributed by atoms with E-state index in [1.807, 2.05) is 0 Å². The fraction of sp³-hybridized carbons (Fsp3) is 0.783. The van der Waals surface area contributed by atoms with E-state index in [-0.39, 0.29) is 19.4 Å². The third kappa shape index (κ3) is 41.9. The molecule has 332 valence electrons. The Balaban J connectivity index is 4.25. The van der Waals surface area contributed by atoms with Gasteiger partial charge in [-0.05, 0) is 51.4 Å². The van der Waals surface area contributed by atoms with Crippen molar-refractivity contribution in [3.05, 3.63) is 48.6 Å². The lowest BCUT2D eigenvalue weighted by Gasteiger charge is -2.20. The molecule has 0 saturated carbocycles. The monoisotopic (exact) mass is 827 g/mol. The van der Waals surface area contributed by atoms with Crippen LogP contribution in [0.2, 0.25) is 0 Å². The van der Waals surface area contributed by atoms with E-state index in [0.717, 1.165) is 70.6 Å². The highest BCUT2D eigenvalue weighted by atomic mass is 31.2. The van der Waals surface area contributed by atoms with Crippen LogP contribution in [-0.2, 0) is 32.7 Å². The lowest BCUT2D eigenvalue weighted by atomic mass is 10.0. The Morgan fingerprint density at radius 2 is 0.965 bits per heavy atom. The number of carbonyl (C=O) groups excluding carboxylic acids is 2. The zero-order valence-corrected chi connectivity index (χ0v) is 36.9. The Hall–Kier alpha value is -2.07. The molecule has 0 rings (SSSR count). The number of aliphatic hydroxyl groups excluding tert-OH is 2. The summed E-state index contributed by atoms with van der Waals surface area (Å²) in [6, 6.07) is 0. The number of rotatable bonds is 42. The summed E-state index contributed by atoms with van der Waals surface area (Å²) in [7, 11) is -4.62. The first-order valence-electron chi connectivity index (χ1n) is 22.6. The molecule has 3 N–H and O–H groups in total. The third-order valence-corrected chi connectivity index (χ3v) is 10.4. The number of hydrogen-bond donors (Lipinski definition) is 3. The zero-order valence-electron chi connectivity index (χ0n) is 36.0. The minimum absolute atomic E-state index is 0.175. The topological polar surface area (TPSA) is 149 Å². The van der Waals surface area contributed by atoms with Gasteiger partial charge < -0.3 is 24.6 Å². The molecule has 0 saturated heterocycles. The molecule has 0 aliphatic heterocycles. The van der Waals surface area contributed by atoms with Crippen molar-refractivity contribution in [3.63, 3.8) is 0 Å². The van der Waals surface area contributed by atoms with Crippen LogP contribution in [-0.4, -0.2) is 65.7 Å². The van der Waals surface area contributed by atoms with Crippen molar-refractivity contribution in [3.8, 4) is 0 Å². The molecule has 0 fully saturated rings. The van der Waals surface area contributed by atoms with Gasteiger partial charge in [0.25, 0.3) is 0 Å². The van der Waals surface area contributed by atoms with Crippen LogP contribution < -0.4 is 0 Å². The fourth-order valence-corrected chi connectivity index (χ4v) is 6.83. The van der Waals surface area contributed by atoms with Crippen LogP contribution in [0.4, 0.5) is 0 Å². The van der Waals surface area contributed by atoms with E-state index in [2.05, 4.69) is 62.5 Å². The number of phosphoric acid groups is 1. The summed E-state index contributed by atoms with van der Waals surface area (Å²) in [6.45, 7) is 2.27. The van der Waals surface area contributed by atoms with E-state index in [1.54, 1.807) is 0 Å². The second-order valence-corrected chi connectivity index (χ2v) is 16.5. The van der Waals surface area contributed by atoms with Crippen molar-refractivity contribution >= 4 is 19.8 Å². The van der Waals surface area contributed by atoms with E-state index >= 15 is 0 Å². The molecule has 11 heteroatoms. The SMILES string of the molecule is CC/C=C\C/C=C\C/C=C\C/C=C\CCCCCCCCCCC(=O)OC(COC(=O)CCCCCCCCCCCCCCC)COP(=O)(O)OCC(O)CO. The van der Waals surface area contributed by atoms with E-state index in [0.29, 0.717) is 12.8 Å². The van der Waals surface area contributed by atoms with Gasteiger partial charge in [-0.3, -0.25) is 18.6 Å². The molecule has 0 aromatic rings. The summed E-state index contributed by atoms with van der Waals surface area (Å²) in [6.07, 6.45) is 45.0. The minimum Gasteiger partial charge on any atom is -0.462 e. The van der Waals surface area contributed by atoms with Gasteiger partial charge in [0, 0.05) is 12.8 Å². The molecule has 0 spiro atoms. The molecule has 0 aliphatic rings. The number of carbonyl (C=O) groups is 2. The van der Waals surface area contributed by atoms with Crippen LogP contribution >= 0.6 is 7.82 Å². The number of unbranched alkanes of at least 4 members (excludes halogenated alkanes) is 20. The molecule has 3 unspecified atom stereocenters. The summed E-state index contributed by atoms with van der Waals surface area (Å²) in [5.74, 6) is -0.931. The van der Waals surface area contributed by atoms with Gasteiger partial charge in [-0.2, -0.15) is 0 Å². The number of allylic oxidation sites excluding steroid dienone is 8. The van der Waals surface area contributed by atoms with Gasteiger partial charge in [-0.1, -0.05) is 178 Å². The second-order valence-electron chi connectivity index (χ2n) is 15.1.